The van der Waals surface area contributed by atoms with Gasteiger partial charge in [0.05, 0.1) is 11.9 Å². The summed E-state index contributed by atoms with van der Waals surface area (Å²) in [6.07, 6.45) is 1.10. The molecule has 2 aromatic rings. The van der Waals surface area contributed by atoms with E-state index in [2.05, 4.69) is 0 Å². The number of hydrogen-bond donors (Lipinski definition) is 0. The van der Waals surface area contributed by atoms with Gasteiger partial charge < -0.3 is 4.90 Å². The van der Waals surface area contributed by atoms with Crippen LogP contribution in [0.3, 0.4) is 0 Å². The number of nitrogens with zero attached hydrogens (tertiary/aromatic N) is 2. The molecule has 0 N–H and O–H groups in total. The first-order valence-corrected chi connectivity index (χ1v) is 9.96. The molecule has 0 heterocycles. The van der Waals surface area contributed by atoms with Crippen LogP contribution < -0.4 is 4.31 Å². The Balaban J connectivity index is 2.21. The van der Waals surface area contributed by atoms with Gasteiger partial charge in [0, 0.05) is 18.6 Å². The number of hydrogen-bond acceptors (Lipinski definition) is 3. The van der Waals surface area contributed by atoms with Crippen LogP contribution >= 0.6 is 11.6 Å². The van der Waals surface area contributed by atoms with Gasteiger partial charge >= 0.3 is 0 Å². The molecule has 0 saturated carbocycles. The number of amides is 1. The summed E-state index contributed by atoms with van der Waals surface area (Å²) in [5.41, 5.74) is 1.38. The van der Waals surface area contributed by atoms with Crippen molar-refractivity contribution in [1.29, 1.82) is 0 Å². The van der Waals surface area contributed by atoms with Gasteiger partial charge in [0.15, 0.2) is 0 Å². The molecule has 0 aliphatic carbocycles. The molecular formula is C18H21ClN2O3S. The van der Waals surface area contributed by atoms with Crippen LogP contribution in [0.15, 0.2) is 54.6 Å². The Bertz CT molecular complexity index is 823. The van der Waals surface area contributed by atoms with E-state index in [9.17, 15) is 13.2 Å². The number of anilines is 1. The summed E-state index contributed by atoms with van der Waals surface area (Å²) in [5, 5.41) is 0.624. The third-order valence-electron chi connectivity index (χ3n) is 3.79. The van der Waals surface area contributed by atoms with E-state index in [0.717, 1.165) is 16.1 Å². The molecule has 1 amide bonds. The minimum Gasteiger partial charge on any atom is -0.340 e. The molecule has 0 spiro atoms. The van der Waals surface area contributed by atoms with Gasteiger partial charge in [-0.15, -0.1) is 0 Å². The Morgan fingerprint density at radius 2 is 1.64 bits per heavy atom. The third kappa shape index (κ3) is 4.96. The summed E-state index contributed by atoms with van der Waals surface area (Å²) >= 11 is 5.87. The zero-order valence-electron chi connectivity index (χ0n) is 14.4. The number of carbonyl (C=O) groups is 1. The number of halogens is 1. The average molecular weight is 381 g/mol. The van der Waals surface area contributed by atoms with E-state index in [1.165, 1.54) is 4.90 Å². The van der Waals surface area contributed by atoms with Crippen molar-refractivity contribution in [2.75, 3.05) is 17.6 Å². The highest BCUT2D eigenvalue weighted by atomic mass is 35.5. The minimum absolute atomic E-state index is 0.288. The number of rotatable bonds is 6. The lowest BCUT2D eigenvalue weighted by Crippen LogP contribution is -2.48. The van der Waals surface area contributed by atoms with Crippen molar-refractivity contribution < 1.29 is 13.2 Å². The van der Waals surface area contributed by atoms with Crippen LogP contribution in [0.25, 0.3) is 0 Å². The summed E-state index contributed by atoms with van der Waals surface area (Å²) in [7, 11) is -1.95. The second-order valence-corrected chi connectivity index (χ2v) is 8.19. The second kappa shape index (κ2) is 7.89. The first kappa shape index (κ1) is 19.3. The Kier molecular flexibility index (Phi) is 6.08. The van der Waals surface area contributed by atoms with Gasteiger partial charge in [-0.2, -0.15) is 0 Å². The molecule has 0 aliphatic rings. The Hall–Kier alpha value is -2.05. The zero-order valence-corrected chi connectivity index (χ0v) is 16.0. The van der Waals surface area contributed by atoms with Gasteiger partial charge in [0.25, 0.3) is 0 Å². The van der Waals surface area contributed by atoms with Crippen LogP contribution in [0.2, 0.25) is 5.02 Å². The molecule has 0 aromatic heterocycles. The number of benzene rings is 2. The first-order chi connectivity index (χ1) is 11.7. The monoisotopic (exact) mass is 380 g/mol. The smallest absolute Gasteiger partial charge is 0.246 e. The molecule has 7 heteroatoms. The highest BCUT2D eigenvalue weighted by Crippen LogP contribution is 2.21. The summed E-state index contributed by atoms with van der Waals surface area (Å²) in [6.45, 7) is 1.96. The second-order valence-electron chi connectivity index (χ2n) is 5.89. The number of para-hydroxylation sites is 1. The number of carbonyl (C=O) groups excluding carboxylic acids is 1. The maximum atomic E-state index is 12.8. The lowest BCUT2D eigenvalue weighted by atomic mass is 10.2. The van der Waals surface area contributed by atoms with Crippen LogP contribution in [-0.2, 0) is 21.4 Å². The summed E-state index contributed by atoms with van der Waals surface area (Å²) in [4.78, 5) is 14.3. The zero-order chi connectivity index (χ0) is 18.6. The number of likely N-dealkylation sites (N-methyl/N-ethyl adjacent to an activating group) is 1. The van der Waals surface area contributed by atoms with Crippen molar-refractivity contribution in [2.45, 2.75) is 19.5 Å². The fourth-order valence-corrected chi connectivity index (χ4v) is 3.93. The molecular weight excluding hydrogens is 360 g/mol. The van der Waals surface area contributed by atoms with Crippen molar-refractivity contribution in [3.05, 3.63) is 65.2 Å². The molecule has 0 aliphatic heterocycles. The molecule has 25 heavy (non-hydrogen) atoms. The van der Waals surface area contributed by atoms with E-state index in [4.69, 9.17) is 11.6 Å². The van der Waals surface area contributed by atoms with Crippen LogP contribution in [0.1, 0.15) is 12.5 Å². The van der Waals surface area contributed by atoms with Gasteiger partial charge in [-0.05, 0) is 36.8 Å². The molecule has 5 nitrogen and oxygen atoms in total. The maximum absolute atomic E-state index is 12.8. The van der Waals surface area contributed by atoms with E-state index in [-0.39, 0.29) is 5.91 Å². The number of sulfonamides is 1. The molecule has 0 unspecified atom stereocenters. The van der Waals surface area contributed by atoms with Gasteiger partial charge in [0.1, 0.15) is 6.04 Å². The summed E-state index contributed by atoms with van der Waals surface area (Å²) in [5.74, 6) is -0.288. The SMILES string of the molecule is C[C@H](C(=O)N(C)Cc1ccc(Cl)cc1)N(c1ccccc1)S(C)(=O)=O. The van der Waals surface area contributed by atoms with Gasteiger partial charge in [-0.1, -0.05) is 41.9 Å². The fraction of sp³-hybridized carbons (Fsp3) is 0.278. The van der Waals surface area contributed by atoms with E-state index in [1.54, 1.807) is 56.4 Å². The van der Waals surface area contributed by atoms with E-state index >= 15 is 0 Å². The molecule has 0 bridgehead atoms. The highest BCUT2D eigenvalue weighted by molar-refractivity contribution is 7.92. The normalized spacial score (nSPS) is 12.5. The van der Waals surface area contributed by atoms with Gasteiger partial charge in [-0.3, -0.25) is 9.10 Å². The maximum Gasteiger partial charge on any atom is 0.246 e. The quantitative estimate of drug-likeness (QED) is 0.773. The van der Waals surface area contributed by atoms with Crippen molar-refractivity contribution in [3.8, 4) is 0 Å². The summed E-state index contributed by atoms with van der Waals surface area (Å²) < 4.78 is 25.6. The van der Waals surface area contributed by atoms with Crippen molar-refractivity contribution in [1.82, 2.24) is 4.90 Å². The van der Waals surface area contributed by atoms with Crippen LogP contribution in [0, 0.1) is 0 Å². The molecule has 2 rings (SSSR count). The summed E-state index contributed by atoms with van der Waals surface area (Å²) in [6, 6.07) is 14.9. The molecule has 0 fully saturated rings. The van der Waals surface area contributed by atoms with Gasteiger partial charge in [-0.25, -0.2) is 8.42 Å². The first-order valence-electron chi connectivity index (χ1n) is 7.74. The molecule has 2 aromatic carbocycles. The third-order valence-corrected chi connectivity index (χ3v) is 5.28. The van der Waals surface area contributed by atoms with Crippen LogP contribution in [-0.4, -0.2) is 38.6 Å². The average Bonchev–Trinajstić information content (AvgIpc) is 2.56. The van der Waals surface area contributed by atoms with E-state index in [1.807, 2.05) is 12.1 Å². The Morgan fingerprint density at radius 3 is 2.16 bits per heavy atom. The lowest BCUT2D eigenvalue weighted by molar-refractivity contribution is -0.131. The van der Waals surface area contributed by atoms with Crippen LogP contribution in [0.5, 0.6) is 0 Å². The highest BCUT2D eigenvalue weighted by Gasteiger charge is 2.30. The molecule has 1 atom stereocenters. The molecule has 134 valence electrons. The van der Waals surface area contributed by atoms with E-state index < -0.39 is 16.1 Å². The Labute approximate surface area is 153 Å². The molecule has 0 radical (unpaired) electrons. The Morgan fingerprint density at radius 1 is 1.08 bits per heavy atom. The topological polar surface area (TPSA) is 57.7 Å². The van der Waals surface area contributed by atoms with Crippen molar-refractivity contribution in [3.63, 3.8) is 0 Å². The predicted octanol–water partition coefficient (Wildman–Crippen LogP) is 3.15. The van der Waals surface area contributed by atoms with Crippen molar-refractivity contribution in [2.24, 2.45) is 0 Å². The fourth-order valence-electron chi connectivity index (χ4n) is 2.64. The standard InChI is InChI=1S/C18H21ClN2O3S/c1-14(21(25(3,23)24)17-7-5-4-6-8-17)18(22)20(2)13-15-9-11-16(19)12-10-15/h4-12,14H,13H2,1-3H3/t14-/m1/s1. The van der Waals surface area contributed by atoms with Gasteiger partial charge in [0.2, 0.25) is 15.9 Å². The van der Waals surface area contributed by atoms with E-state index in [0.29, 0.717) is 17.3 Å². The largest absolute Gasteiger partial charge is 0.340 e. The van der Waals surface area contributed by atoms with Crippen molar-refractivity contribution >= 4 is 33.2 Å². The minimum atomic E-state index is -3.61. The lowest BCUT2D eigenvalue weighted by Gasteiger charge is -2.31. The van der Waals surface area contributed by atoms with Crippen LogP contribution in [0.4, 0.5) is 5.69 Å². The predicted molar refractivity (Wildman–Crippen MR) is 101 cm³/mol. The molecule has 0 saturated heterocycles.